The summed E-state index contributed by atoms with van der Waals surface area (Å²) in [6.07, 6.45) is 0.628. The van der Waals surface area contributed by atoms with Crippen LogP contribution in [0.15, 0.2) is 36.4 Å². The van der Waals surface area contributed by atoms with E-state index in [9.17, 15) is 14.4 Å². The lowest BCUT2D eigenvalue weighted by atomic mass is 10.1. The van der Waals surface area contributed by atoms with Crippen molar-refractivity contribution in [3.63, 3.8) is 0 Å². The maximum Gasteiger partial charge on any atom is 0.306 e. The second-order valence-corrected chi connectivity index (χ2v) is 6.36. The van der Waals surface area contributed by atoms with Gasteiger partial charge in [-0.15, -0.1) is 0 Å². The van der Waals surface area contributed by atoms with Gasteiger partial charge in [0.05, 0.1) is 12.8 Å². The summed E-state index contributed by atoms with van der Waals surface area (Å²) in [5.74, 6) is 0.328. The number of methoxy groups -OCH3 is 1. The number of nitrogens with one attached hydrogen (secondary N) is 1. The molecule has 1 N–H and O–H groups in total. The Morgan fingerprint density at radius 2 is 1.76 bits per heavy atom. The summed E-state index contributed by atoms with van der Waals surface area (Å²) in [7, 11) is 1.58. The number of hydrogen-bond acceptors (Lipinski definition) is 7. The highest BCUT2D eigenvalue weighted by Gasteiger charge is 2.20. The number of carbonyl (C=O) groups is 3. The zero-order valence-corrected chi connectivity index (χ0v) is 16.2. The molecule has 0 aliphatic carbocycles. The molecule has 8 nitrogen and oxygen atoms in total. The van der Waals surface area contributed by atoms with E-state index in [0.29, 0.717) is 17.9 Å². The van der Waals surface area contributed by atoms with E-state index in [1.165, 1.54) is 19.1 Å². The van der Waals surface area contributed by atoms with E-state index in [1.54, 1.807) is 7.11 Å². The van der Waals surface area contributed by atoms with Gasteiger partial charge in [-0.3, -0.25) is 14.4 Å². The zero-order chi connectivity index (χ0) is 20.8. The van der Waals surface area contributed by atoms with Gasteiger partial charge >= 0.3 is 5.97 Å². The molecular formula is C21H21NO7. The number of carbonyl (C=O) groups excluding carboxylic acids is 3. The van der Waals surface area contributed by atoms with E-state index in [2.05, 4.69) is 5.32 Å². The molecule has 29 heavy (non-hydrogen) atoms. The molecule has 0 bridgehead atoms. The molecule has 3 rings (SSSR count). The smallest absolute Gasteiger partial charge is 0.306 e. The topological polar surface area (TPSA) is 100 Å². The molecule has 0 aromatic heterocycles. The lowest BCUT2D eigenvalue weighted by molar-refractivity contribution is -0.147. The van der Waals surface area contributed by atoms with Crippen molar-refractivity contribution in [3.8, 4) is 17.2 Å². The summed E-state index contributed by atoms with van der Waals surface area (Å²) >= 11 is 0. The van der Waals surface area contributed by atoms with Gasteiger partial charge in [-0.25, -0.2) is 0 Å². The van der Waals surface area contributed by atoms with Crippen LogP contribution in [0.4, 0.5) is 5.69 Å². The fraction of sp³-hybridized carbons (Fsp3) is 0.286. The average Bonchev–Trinajstić information content (AvgIpc) is 3.17. The highest BCUT2D eigenvalue weighted by Crippen LogP contribution is 2.37. The van der Waals surface area contributed by atoms with Crippen molar-refractivity contribution in [1.29, 1.82) is 0 Å². The van der Waals surface area contributed by atoms with Crippen LogP contribution >= 0.6 is 0 Å². The van der Waals surface area contributed by atoms with Crippen LogP contribution in [0.25, 0.3) is 0 Å². The molecule has 0 saturated carbocycles. The van der Waals surface area contributed by atoms with Crippen LogP contribution in [0.2, 0.25) is 0 Å². The van der Waals surface area contributed by atoms with Crippen LogP contribution < -0.4 is 19.5 Å². The molecule has 1 amide bonds. The number of benzene rings is 2. The number of anilines is 1. The normalized spacial score (nSPS) is 11.7. The molecule has 152 valence electrons. The minimum atomic E-state index is -0.552. The standard InChI is InChI=1S/C21H21NO7/c1-13(23)16-9-18-19(29-12-28-18)10-17(16)22-20(24)11-27-21(25)8-5-14-3-6-15(26-2)7-4-14/h3-4,6-7,9-10H,5,8,11-12H2,1-2H3,(H,22,24). The van der Waals surface area contributed by atoms with Crippen molar-refractivity contribution in [2.45, 2.75) is 19.8 Å². The van der Waals surface area contributed by atoms with E-state index in [4.69, 9.17) is 18.9 Å². The third-order valence-electron chi connectivity index (χ3n) is 4.31. The van der Waals surface area contributed by atoms with E-state index in [0.717, 1.165) is 11.3 Å². The fourth-order valence-corrected chi connectivity index (χ4v) is 2.78. The quantitative estimate of drug-likeness (QED) is 0.538. The second kappa shape index (κ2) is 9.09. The van der Waals surface area contributed by atoms with Gasteiger partial charge in [-0.2, -0.15) is 0 Å². The number of aryl methyl sites for hydroxylation is 1. The lowest BCUT2D eigenvalue weighted by Crippen LogP contribution is -2.22. The van der Waals surface area contributed by atoms with Gasteiger partial charge in [-0.05, 0) is 37.1 Å². The van der Waals surface area contributed by atoms with Gasteiger partial charge in [0.2, 0.25) is 6.79 Å². The second-order valence-electron chi connectivity index (χ2n) is 6.36. The lowest BCUT2D eigenvalue weighted by Gasteiger charge is -2.11. The van der Waals surface area contributed by atoms with Gasteiger partial charge < -0.3 is 24.3 Å². The Hall–Kier alpha value is -3.55. The van der Waals surface area contributed by atoms with Crippen LogP contribution in [-0.2, 0) is 20.7 Å². The van der Waals surface area contributed by atoms with Crippen molar-refractivity contribution in [3.05, 3.63) is 47.5 Å². The Balaban J connectivity index is 1.50. The van der Waals surface area contributed by atoms with Crippen LogP contribution in [0.1, 0.15) is 29.3 Å². The molecule has 0 spiro atoms. The summed E-state index contributed by atoms with van der Waals surface area (Å²) in [5, 5.41) is 2.58. The first-order chi connectivity index (χ1) is 14.0. The first-order valence-corrected chi connectivity index (χ1v) is 8.99. The van der Waals surface area contributed by atoms with Crippen LogP contribution in [0.5, 0.6) is 17.2 Å². The average molecular weight is 399 g/mol. The zero-order valence-electron chi connectivity index (χ0n) is 16.2. The molecule has 2 aromatic carbocycles. The molecule has 0 atom stereocenters. The molecule has 0 radical (unpaired) electrons. The van der Waals surface area contributed by atoms with Crippen LogP contribution in [-0.4, -0.2) is 38.2 Å². The molecule has 1 aliphatic rings. The van der Waals surface area contributed by atoms with Gasteiger partial charge in [-0.1, -0.05) is 12.1 Å². The number of rotatable bonds is 8. The fourth-order valence-electron chi connectivity index (χ4n) is 2.78. The highest BCUT2D eigenvalue weighted by atomic mass is 16.7. The van der Waals surface area contributed by atoms with E-state index >= 15 is 0 Å². The van der Waals surface area contributed by atoms with Gasteiger partial charge in [0.25, 0.3) is 5.91 Å². The number of ketones is 1. The maximum atomic E-state index is 12.2. The molecule has 0 fully saturated rings. The molecular weight excluding hydrogens is 378 g/mol. The number of amides is 1. The van der Waals surface area contributed by atoms with Crippen molar-refractivity contribution in [2.75, 3.05) is 25.8 Å². The Bertz CT molecular complexity index is 921. The minimum Gasteiger partial charge on any atom is -0.497 e. The first kappa shape index (κ1) is 20.2. The van der Waals surface area contributed by atoms with Crippen LogP contribution in [0.3, 0.4) is 0 Å². The van der Waals surface area contributed by atoms with Crippen molar-refractivity contribution in [1.82, 2.24) is 0 Å². The summed E-state index contributed by atoms with van der Waals surface area (Å²) in [5.41, 5.74) is 1.52. The Morgan fingerprint density at radius 1 is 1.07 bits per heavy atom. The van der Waals surface area contributed by atoms with E-state index in [-0.39, 0.29) is 30.2 Å². The number of Topliss-reactive ketones (excluding diaryl/α,β-unsaturated/α-hetero) is 1. The largest absolute Gasteiger partial charge is 0.497 e. The SMILES string of the molecule is COc1ccc(CCC(=O)OCC(=O)Nc2cc3c(cc2C(C)=O)OCO3)cc1. The predicted molar refractivity (Wildman–Crippen MR) is 103 cm³/mol. The van der Waals surface area contributed by atoms with Crippen molar-refractivity contribution in [2.24, 2.45) is 0 Å². The van der Waals surface area contributed by atoms with E-state index in [1.807, 2.05) is 24.3 Å². The number of hydrogen-bond donors (Lipinski definition) is 1. The third-order valence-corrected chi connectivity index (χ3v) is 4.31. The minimum absolute atomic E-state index is 0.0515. The first-order valence-electron chi connectivity index (χ1n) is 8.99. The molecule has 0 saturated heterocycles. The molecule has 1 heterocycles. The van der Waals surface area contributed by atoms with Crippen LogP contribution in [0, 0.1) is 0 Å². The Labute approximate surface area is 167 Å². The van der Waals surface area contributed by atoms with Crippen molar-refractivity contribution >= 4 is 23.3 Å². The maximum absolute atomic E-state index is 12.2. The summed E-state index contributed by atoms with van der Waals surface area (Å²) in [6.45, 7) is 0.982. The van der Waals surface area contributed by atoms with Gasteiger partial charge in [0.1, 0.15) is 5.75 Å². The Kier molecular flexibility index (Phi) is 6.33. The number of esters is 1. The molecule has 0 unspecified atom stereocenters. The van der Waals surface area contributed by atoms with E-state index < -0.39 is 18.5 Å². The summed E-state index contributed by atoms with van der Waals surface area (Å²) in [6, 6.07) is 10.4. The third kappa shape index (κ3) is 5.25. The molecule has 1 aliphatic heterocycles. The predicted octanol–water partition coefficient (Wildman–Crippen LogP) is 2.74. The number of ether oxygens (including phenoxy) is 4. The van der Waals surface area contributed by atoms with Gasteiger partial charge in [0, 0.05) is 18.1 Å². The summed E-state index contributed by atoms with van der Waals surface area (Å²) in [4.78, 5) is 35.9. The Morgan fingerprint density at radius 3 is 2.41 bits per heavy atom. The highest BCUT2D eigenvalue weighted by molar-refractivity contribution is 6.05. The monoisotopic (exact) mass is 399 g/mol. The van der Waals surface area contributed by atoms with Gasteiger partial charge in [0.15, 0.2) is 23.9 Å². The molecule has 8 heteroatoms. The summed E-state index contributed by atoms with van der Waals surface area (Å²) < 4.78 is 20.6. The van der Waals surface area contributed by atoms with Crippen molar-refractivity contribution < 1.29 is 33.3 Å². The molecule has 2 aromatic rings. The number of fused-ring (bicyclic) bond motifs is 1.